The van der Waals surface area contributed by atoms with Crippen LogP contribution in [0.15, 0.2) is 0 Å². The van der Waals surface area contributed by atoms with Gasteiger partial charge in [-0.25, -0.2) is 0 Å². The van der Waals surface area contributed by atoms with Crippen molar-refractivity contribution in [3.8, 4) is 0 Å². The van der Waals surface area contributed by atoms with Gasteiger partial charge in [0.25, 0.3) is 0 Å². The van der Waals surface area contributed by atoms with E-state index >= 15 is 0 Å². The maximum absolute atomic E-state index is 11.8. The number of hydrogen-bond acceptors (Lipinski definition) is 4. The third-order valence-electron chi connectivity index (χ3n) is 3.01. The van der Waals surface area contributed by atoms with Crippen LogP contribution in [0.1, 0.15) is 33.1 Å². The van der Waals surface area contributed by atoms with Gasteiger partial charge in [-0.1, -0.05) is 13.8 Å². The van der Waals surface area contributed by atoms with Crippen molar-refractivity contribution >= 4 is 17.7 Å². The predicted octanol–water partition coefficient (Wildman–Crippen LogP) is 0.734. The van der Waals surface area contributed by atoms with Crippen molar-refractivity contribution in [2.24, 2.45) is 5.73 Å². The molecule has 0 heterocycles. The Hall–Kier alpha value is -0.260. The zero-order chi connectivity index (χ0) is 12.6. The molecule has 0 aliphatic rings. The van der Waals surface area contributed by atoms with Gasteiger partial charge in [-0.15, -0.1) is 0 Å². The molecule has 4 nitrogen and oxygen atoms in total. The summed E-state index contributed by atoms with van der Waals surface area (Å²) in [7, 11) is 0. The van der Waals surface area contributed by atoms with Gasteiger partial charge in [0.05, 0.1) is 18.2 Å². The van der Waals surface area contributed by atoms with Gasteiger partial charge in [0, 0.05) is 0 Å². The third kappa shape index (κ3) is 4.72. The lowest BCUT2D eigenvalue weighted by Crippen LogP contribution is -2.55. The summed E-state index contributed by atoms with van der Waals surface area (Å²) in [6.07, 6.45) is 4.07. The zero-order valence-corrected chi connectivity index (χ0v) is 11.3. The van der Waals surface area contributed by atoms with Crippen LogP contribution in [0.2, 0.25) is 0 Å². The first-order chi connectivity index (χ1) is 7.55. The Morgan fingerprint density at radius 2 is 2.06 bits per heavy atom. The van der Waals surface area contributed by atoms with Gasteiger partial charge in [0.2, 0.25) is 5.91 Å². The van der Waals surface area contributed by atoms with E-state index in [-0.39, 0.29) is 12.5 Å². The first-order valence-electron chi connectivity index (χ1n) is 5.72. The van der Waals surface area contributed by atoms with E-state index in [1.807, 2.05) is 20.1 Å². The molecule has 0 spiro atoms. The predicted molar refractivity (Wildman–Crippen MR) is 69.5 cm³/mol. The fourth-order valence-corrected chi connectivity index (χ4v) is 1.91. The summed E-state index contributed by atoms with van der Waals surface area (Å²) >= 11 is 1.67. The van der Waals surface area contributed by atoms with Gasteiger partial charge in [0.1, 0.15) is 0 Å². The van der Waals surface area contributed by atoms with Crippen LogP contribution in [0.25, 0.3) is 0 Å². The van der Waals surface area contributed by atoms with E-state index in [1.54, 1.807) is 11.8 Å². The highest BCUT2D eigenvalue weighted by Crippen LogP contribution is 2.14. The van der Waals surface area contributed by atoms with E-state index in [2.05, 4.69) is 5.32 Å². The minimum absolute atomic E-state index is 0.0407. The second-order valence-electron chi connectivity index (χ2n) is 4.02. The first kappa shape index (κ1) is 15.7. The summed E-state index contributed by atoms with van der Waals surface area (Å²) in [5.41, 5.74) is 5.26. The van der Waals surface area contributed by atoms with Gasteiger partial charge in [-0.05, 0) is 31.3 Å². The van der Waals surface area contributed by atoms with Crippen LogP contribution in [-0.2, 0) is 4.79 Å². The Morgan fingerprint density at radius 3 is 2.44 bits per heavy atom. The molecule has 0 fully saturated rings. The van der Waals surface area contributed by atoms with E-state index in [0.717, 1.165) is 5.75 Å². The molecule has 0 unspecified atom stereocenters. The lowest BCUT2D eigenvalue weighted by atomic mass is 9.93. The molecule has 4 N–H and O–H groups in total. The smallest absolute Gasteiger partial charge is 0.237 e. The number of amides is 1. The average molecular weight is 248 g/mol. The maximum Gasteiger partial charge on any atom is 0.237 e. The third-order valence-corrected chi connectivity index (χ3v) is 3.66. The molecule has 0 aliphatic carbocycles. The summed E-state index contributed by atoms with van der Waals surface area (Å²) in [6, 6.07) is -0.475. The number of hydrogen-bond donors (Lipinski definition) is 3. The normalized spacial score (nSPS) is 13.6. The van der Waals surface area contributed by atoms with E-state index in [1.165, 1.54) is 0 Å². The Balaban J connectivity index is 4.28. The van der Waals surface area contributed by atoms with Crippen molar-refractivity contribution < 1.29 is 9.90 Å². The summed E-state index contributed by atoms with van der Waals surface area (Å²) < 4.78 is 0. The molecular formula is C11H24N2O2S. The number of thioether (sulfide) groups is 1. The molecule has 0 bridgehead atoms. The number of rotatable bonds is 8. The Kier molecular flexibility index (Phi) is 7.80. The first-order valence-corrected chi connectivity index (χ1v) is 7.12. The molecule has 0 saturated heterocycles. The molecule has 0 aromatic heterocycles. The van der Waals surface area contributed by atoms with Crippen LogP contribution in [-0.4, -0.2) is 41.2 Å². The largest absolute Gasteiger partial charge is 0.394 e. The standard InChI is InChI=1S/C11H24N2O2S/c1-4-11(5-2,8-14)13-10(15)9(12)6-7-16-3/h9,14H,4-8,12H2,1-3H3,(H,13,15)/t9-/m0/s1. The summed E-state index contributed by atoms with van der Waals surface area (Å²) in [5, 5.41) is 12.2. The van der Waals surface area contributed by atoms with Crippen molar-refractivity contribution in [2.45, 2.75) is 44.7 Å². The maximum atomic E-state index is 11.8. The molecule has 0 radical (unpaired) electrons. The molecule has 0 rings (SSSR count). The van der Waals surface area contributed by atoms with E-state index in [4.69, 9.17) is 5.73 Å². The van der Waals surface area contributed by atoms with Crippen molar-refractivity contribution in [2.75, 3.05) is 18.6 Å². The molecule has 5 heteroatoms. The quantitative estimate of drug-likeness (QED) is 0.592. The number of aliphatic hydroxyl groups excluding tert-OH is 1. The topological polar surface area (TPSA) is 75.3 Å². The fraction of sp³-hybridized carbons (Fsp3) is 0.909. The minimum Gasteiger partial charge on any atom is -0.394 e. The summed E-state index contributed by atoms with van der Waals surface area (Å²) in [6.45, 7) is 3.86. The Morgan fingerprint density at radius 1 is 1.50 bits per heavy atom. The van der Waals surface area contributed by atoms with Crippen LogP contribution >= 0.6 is 11.8 Å². The van der Waals surface area contributed by atoms with Crippen molar-refractivity contribution in [1.82, 2.24) is 5.32 Å². The van der Waals surface area contributed by atoms with E-state index < -0.39 is 11.6 Å². The lowest BCUT2D eigenvalue weighted by molar-refractivity contribution is -0.125. The lowest BCUT2D eigenvalue weighted by Gasteiger charge is -2.31. The Bertz CT molecular complexity index is 200. The molecule has 1 atom stereocenters. The van der Waals surface area contributed by atoms with Crippen LogP contribution < -0.4 is 11.1 Å². The van der Waals surface area contributed by atoms with E-state index in [0.29, 0.717) is 19.3 Å². The molecular weight excluding hydrogens is 224 g/mol. The van der Waals surface area contributed by atoms with Gasteiger partial charge < -0.3 is 16.2 Å². The number of nitrogens with two attached hydrogens (primary N) is 1. The number of carbonyl (C=O) groups is 1. The molecule has 96 valence electrons. The zero-order valence-electron chi connectivity index (χ0n) is 10.5. The Labute approximate surface area is 102 Å². The molecule has 0 saturated carbocycles. The number of aliphatic hydroxyl groups is 1. The second kappa shape index (κ2) is 7.92. The van der Waals surface area contributed by atoms with Crippen molar-refractivity contribution in [1.29, 1.82) is 0 Å². The fourth-order valence-electron chi connectivity index (χ4n) is 1.42. The highest BCUT2D eigenvalue weighted by atomic mass is 32.2. The highest BCUT2D eigenvalue weighted by Gasteiger charge is 2.28. The number of nitrogens with one attached hydrogen (secondary N) is 1. The van der Waals surface area contributed by atoms with Crippen LogP contribution in [0.4, 0.5) is 0 Å². The van der Waals surface area contributed by atoms with Gasteiger partial charge in [-0.2, -0.15) is 11.8 Å². The van der Waals surface area contributed by atoms with E-state index in [9.17, 15) is 9.90 Å². The van der Waals surface area contributed by atoms with Gasteiger partial charge in [-0.3, -0.25) is 4.79 Å². The van der Waals surface area contributed by atoms with Crippen molar-refractivity contribution in [3.05, 3.63) is 0 Å². The summed E-state index contributed by atoms with van der Waals surface area (Å²) in [4.78, 5) is 11.8. The number of carbonyl (C=O) groups excluding carboxylic acids is 1. The van der Waals surface area contributed by atoms with Crippen LogP contribution in [0.5, 0.6) is 0 Å². The minimum atomic E-state index is -0.506. The summed E-state index contributed by atoms with van der Waals surface area (Å²) in [5.74, 6) is 0.714. The highest BCUT2D eigenvalue weighted by molar-refractivity contribution is 7.98. The average Bonchev–Trinajstić information content (AvgIpc) is 2.32. The van der Waals surface area contributed by atoms with Gasteiger partial charge in [0.15, 0.2) is 0 Å². The second-order valence-corrected chi connectivity index (χ2v) is 5.01. The monoisotopic (exact) mass is 248 g/mol. The van der Waals surface area contributed by atoms with Crippen LogP contribution in [0.3, 0.4) is 0 Å². The van der Waals surface area contributed by atoms with Crippen molar-refractivity contribution in [3.63, 3.8) is 0 Å². The van der Waals surface area contributed by atoms with Gasteiger partial charge >= 0.3 is 0 Å². The molecule has 0 aromatic carbocycles. The molecule has 16 heavy (non-hydrogen) atoms. The molecule has 0 aliphatic heterocycles. The molecule has 0 aromatic rings. The van der Waals surface area contributed by atoms with Crippen LogP contribution in [0, 0.1) is 0 Å². The SMILES string of the molecule is CCC(CC)(CO)NC(=O)[C@@H](N)CCSC. The molecule has 1 amide bonds.